The average molecular weight is 387 g/mol. The van der Waals surface area contributed by atoms with Crippen LogP contribution in [0.1, 0.15) is 16.8 Å². The molecule has 0 N–H and O–H groups in total. The largest absolute Gasteiger partial charge is 0.497 e. The van der Waals surface area contributed by atoms with Gasteiger partial charge in [-0.2, -0.15) is 0 Å². The molecule has 146 valence electrons. The lowest BCUT2D eigenvalue weighted by Crippen LogP contribution is -2.19. The normalized spacial score (nSPS) is 13.7. The summed E-state index contributed by atoms with van der Waals surface area (Å²) < 4.78 is 21.8. The number of ether oxygens (including phenoxy) is 1. The average Bonchev–Trinajstić information content (AvgIpc) is 3.37. The molecule has 0 amide bonds. The maximum absolute atomic E-state index is 14.5. The molecule has 0 saturated heterocycles. The fraction of sp³-hybridized carbons (Fsp3) is 0.208. The van der Waals surface area contributed by atoms with E-state index >= 15 is 0 Å². The number of halogens is 1. The predicted molar refractivity (Wildman–Crippen MR) is 111 cm³/mol. The molecule has 2 aromatic carbocycles. The van der Waals surface area contributed by atoms with Crippen molar-refractivity contribution in [3.63, 3.8) is 0 Å². The summed E-state index contributed by atoms with van der Waals surface area (Å²) in [5.41, 5.74) is 6.10. The topological polar surface area (TPSA) is 29.8 Å². The molecule has 0 spiro atoms. The fourth-order valence-electron chi connectivity index (χ4n) is 4.10. The molecule has 2 aromatic heterocycles. The first-order chi connectivity index (χ1) is 14.2. The van der Waals surface area contributed by atoms with E-state index in [1.165, 1.54) is 0 Å². The van der Waals surface area contributed by atoms with E-state index in [1.807, 2.05) is 59.1 Å². The van der Waals surface area contributed by atoms with Gasteiger partial charge < -0.3 is 9.14 Å². The molecular weight excluding hydrogens is 365 g/mol. The summed E-state index contributed by atoms with van der Waals surface area (Å²) in [6.07, 6.45) is 4.92. The van der Waals surface area contributed by atoms with Crippen molar-refractivity contribution in [2.75, 3.05) is 13.7 Å². The van der Waals surface area contributed by atoms with Gasteiger partial charge >= 0.3 is 0 Å². The molecule has 0 aliphatic carbocycles. The number of pyridine rings is 1. The van der Waals surface area contributed by atoms with E-state index in [-0.39, 0.29) is 5.82 Å². The molecule has 1 aliphatic rings. The number of aromatic nitrogens is 2. The smallest absolute Gasteiger partial charge is 0.136 e. The zero-order valence-electron chi connectivity index (χ0n) is 16.3. The molecule has 0 fully saturated rings. The lowest BCUT2D eigenvalue weighted by molar-refractivity contribution is 0.285. The molecule has 5 rings (SSSR count). The van der Waals surface area contributed by atoms with Crippen LogP contribution in [0.15, 0.2) is 67.0 Å². The quantitative estimate of drug-likeness (QED) is 0.497. The van der Waals surface area contributed by atoms with Crippen LogP contribution in [0.4, 0.5) is 4.39 Å². The molecule has 29 heavy (non-hydrogen) atoms. The number of nitrogens with zero attached hydrogens (tertiary/aromatic N) is 3. The molecular formula is C24H22FN3O. The zero-order valence-corrected chi connectivity index (χ0v) is 16.3. The third-order valence-electron chi connectivity index (χ3n) is 5.64. The highest BCUT2D eigenvalue weighted by Gasteiger charge is 2.25. The number of hydrogen-bond donors (Lipinski definition) is 0. The molecule has 3 heterocycles. The van der Waals surface area contributed by atoms with E-state index in [9.17, 15) is 4.39 Å². The summed E-state index contributed by atoms with van der Waals surface area (Å²) in [5, 5.41) is 0. The number of fused-ring (bicyclic) bond motifs is 2. The Morgan fingerprint density at radius 3 is 2.62 bits per heavy atom. The Labute approximate surface area is 169 Å². The molecule has 1 aliphatic heterocycles. The van der Waals surface area contributed by atoms with Gasteiger partial charge in [-0.1, -0.05) is 24.3 Å². The Hall–Kier alpha value is -3.18. The highest BCUT2D eigenvalue weighted by atomic mass is 19.1. The van der Waals surface area contributed by atoms with Crippen molar-refractivity contribution >= 4 is 5.65 Å². The fourth-order valence-corrected chi connectivity index (χ4v) is 4.10. The second-order valence-corrected chi connectivity index (χ2v) is 7.44. The van der Waals surface area contributed by atoms with Crippen molar-refractivity contribution in [2.45, 2.75) is 19.5 Å². The molecule has 5 heteroatoms. The van der Waals surface area contributed by atoms with E-state index in [1.54, 1.807) is 13.2 Å². The van der Waals surface area contributed by atoms with E-state index in [4.69, 9.17) is 4.74 Å². The van der Waals surface area contributed by atoms with Crippen molar-refractivity contribution < 1.29 is 9.13 Å². The maximum Gasteiger partial charge on any atom is 0.136 e. The summed E-state index contributed by atoms with van der Waals surface area (Å²) in [5.74, 6) is 0.703. The highest BCUT2D eigenvalue weighted by Crippen LogP contribution is 2.35. The van der Waals surface area contributed by atoms with Crippen molar-refractivity contribution in [1.82, 2.24) is 14.3 Å². The minimum Gasteiger partial charge on any atom is -0.497 e. The van der Waals surface area contributed by atoms with E-state index in [2.05, 4.69) is 16.1 Å². The van der Waals surface area contributed by atoms with Gasteiger partial charge in [-0.25, -0.2) is 9.37 Å². The monoisotopic (exact) mass is 387 g/mol. The maximum atomic E-state index is 14.5. The number of hydrogen-bond acceptors (Lipinski definition) is 3. The Morgan fingerprint density at radius 1 is 1.00 bits per heavy atom. The lowest BCUT2D eigenvalue weighted by Gasteiger charge is -2.14. The molecule has 0 unspecified atom stereocenters. The van der Waals surface area contributed by atoms with E-state index in [0.717, 1.165) is 58.9 Å². The van der Waals surface area contributed by atoms with Gasteiger partial charge in [-0.3, -0.25) is 4.90 Å². The zero-order chi connectivity index (χ0) is 19.8. The van der Waals surface area contributed by atoms with Crippen molar-refractivity contribution in [3.8, 4) is 16.9 Å². The van der Waals surface area contributed by atoms with Gasteiger partial charge in [-0.15, -0.1) is 0 Å². The Bertz CT molecular complexity index is 1130. The van der Waals surface area contributed by atoms with Crippen LogP contribution in [0.2, 0.25) is 0 Å². The van der Waals surface area contributed by atoms with Crippen LogP contribution in [-0.4, -0.2) is 27.9 Å². The number of methoxy groups -OCH3 is 1. The number of benzene rings is 2. The molecule has 0 radical (unpaired) electrons. The van der Waals surface area contributed by atoms with Gasteiger partial charge in [0.2, 0.25) is 0 Å². The van der Waals surface area contributed by atoms with Crippen molar-refractivity contribution in [1.29, 1.82) is 0 Å². The van der Waals surface area contributed by atoms with Gasteiger partial charge in [-0.05, 0) is 47.0 Å². The van der Waals surface area contributed by atoms with Crippen molar-refractivity contribution in [2.24, 2.45) is 0 Å². The minimum atomic E-state index is -0.118. The van der Waals surface area contributed by atoms with Crippen LogP contribution in [0.5, 0.6) is 5.75 Å². The summed E-state index contributed by atoms with van der Waals surface area (Å²) in [6.45, 7) is 2.24. The predicted octanol–water partition coefficient (Wildman–Crippen LogP) is 4.71. The lowest BCUT2D eigenvalue weighted by atomic mass is 9.97. The van der Waals surface area contributed by atoms with E-state index in [0.29, 0.717) is 6.54 Å². The van der Waals surface area contributed by atoms with Gasteiger partial charge in [0.25, 0.3) is 0 Å². The summed E-state index contributed by atoms with van der Waals surface area (Å²) in [6, 6.07) is 17.4. The molecule has 0 bridgehead atoms. The third-order valence-corrected chi connectivity index (χ3v) is 5.64. The van der Waals surface area contributed by atoms with Gasteiger partial charge in [0.15, 0.2) is 0 Å². The third kappa shape index (κ3) is 3.38. The minimum absolute atomic E-state index is 0.118. The van der Waals surface area contributed by atoms with Gasteiger partial charge in [0.1, 0.15) is 17.2 Å². The van der Waals surface area contributed by atoms with Crippen LogP contribution in [0.3, 0.4) is 0 Å². The van der Waals surface area contributed by atoms with Crippen LogP contribution in [0, 0.1) is 5.82 Å². The SMILES string of the molecule is COc1ccc(-c2ccc(F)c3c2CN(CCc2cn4ccccc4n2)C3)cc1. The first-order valence-electron chi connectivity index (χ1n) is 9.81. The number of imidazole rings is 1. The first-order valence-corrected chi connectivity index (χ1v) is 9.81. The first kappa shape index (κ1) is 17.9. The Balaban J connectivity index is 1.35. The van der Waals surface area contributed by atoms with Crippen LogP contribution in [-0.2, 0) is 19.5 Å². The van der Waals surface area contributed by atoms with Gasteiger partial charge in [0, 0.05) is 44.0 Å². The standard InChI is InChI=1S/C24H22FN3O/c1-29-19-7-5-17(6-8-19)20-9-10-23(25)22-16-27(15-21(20)22)13-11-18-14-28-12-3-2-4-24(28)26-18/h2-10,12,14H,11,13,15-16H2,1H3. The summed E-state index contributed by atoms with van der Waals surface area (Å²) >= 11 is 0. The van der Waals surface area contributed by atoms with Crippen molar-refractivity contribution in [3.05, 3.63) is 89.6 Å². The molecule has 4 nitrogen and oxygen atoms in total. The van der Waals surface area contributed by atoms with Crippen LogP contribution < -0.4 is 4.74 Å². The van der Waals surface area contributed by atoms with E-state index < -0.39 is 0 Å². The van der Waals surface area contributed by atoms with Crippen LogP contribution in [0.25, 0.3) is 16.8 Å². The summed E-state index contributed by atoms with van der Waals surface area (Å²) in [4.78, 5) is 6.97. The van der Waals surface area contributed by atoms with Gasteiger partial charge in [0.05, 0.1) is 12.8 Å². The van der Waals surface area contributed by atoms with Crippen LogP contribution >= 0.6 is 0 Å². The molecule has 0 atom stereocenters. The molecule has 0 saturated carbocycles. The summed E-state index contributed by atoms with van der Waals surface area (Å²) in [7, 11) is 1.66. The second-order valence-electron chi connectivity index (χ2n) is 7.44. The Morgan fingerprint density at radius 2 is 1.83 bits per heavy atom. The molecule has 4 aromatic rings. The highest BCUT2D eigenvalue weighted by molar-refractivity contribution is 5.70. The Kier molecular flexibility index (Phi) is 4.52. The number of rotatable bonds is 5. The second kappa shape index (κ2) is 7.33.